The molecule has 128 valence electrons. The maximum atomic E-state index is 12.1. The summed E-state index contributed by atoms with van der Waals surface area (Å²) in [5.41, 5.74) is 0.491. The van der Waals surface area contributed by atoms with E-state index in [1.54, 1.807) is 29.6 Å². The molecule has 0 aliphatic carbocycles. The molecule has 2 amide bonds. The SMILES string of the molecule is CC(C(=O)NCC(F)(F)F)N(C)CC(=O)Nc1cccc(Cl)c1. The lowest BCUT2D eigenvalue weighted by Gasteiger charge is -2.23. The second kappa shape index (κ2) is 8.16. The number of likely N-dealkylation sites (N-methyl/N-ethyl adjacent to an activating group) is 1. The first kappa shape index (κ1) is 19.2. The number of nitrogens with one attached hydrogen (secondary N) is 2. The van der Waals surface area contributed by atoms with Crippen LogP contribution in [0.2, 0.25) is 5.02 Å². The summed E-state index contributed by atoms with van der Waals surface area (Å²) in [7, 11) is 1.47. The molecule has 0 fully saturated rings. The van der Waals surface area contributed by atoms with Gasteiger partial charge in [-0.2, -0.15) is 13.2 Å². The third kappa shape index (κ3) is 7.34. The van der Waals surface area contributed by atoms with Crippen LogP contribution in [0.3, 0.4) is 0 Å². The smallest absolute Gasteiger partial charge is 0.346 e. The highest BCUT2D eigenvalue weighted by molar-refractivity contribution is 6.30. The molecule has 9 heteroatoms. The molecule has 1 unspecified atom stereocenters. The molecule has 0 heterocycles. The van der Waals surface area contributed by atoms with E-state index in [4.69, 9.17) is 11.6 Å². The molecule has 1 rings (SSSR count). The largest absolute Gasteiger partial charge is 0.405 e. The predicted molar refractivity (Wildman–Crippen MR) is 81.2 cm³/mol. The van der Waals surface area contributed by atoms with Gasteiger partial charge in [-0.05, 0) is 32.2 Å². The van der Waals surface area contributed by atoms with Crippen molar-refractivity contribution in [3.8, 4) is 0 Å². The molecular formula is C14H17ClF3N3O2. The summed E-state index contributed by atoms with van der Waals surface area (Å²) >= 11 is 5.79. The van der Waals surface area contributed by atoms with Gasteiger partial charge in [-0.25, -0.2) is 0 Å². The molecule has 0 aromatic heterocycles. The Morgan fingerprint density at radius 2 is 2.00 bits per heavy atom. The molecule has 0 aliphatic heterocycles. The van der Waals surface area contributed by atoms with E-state index in [1.165, 1.54) is 18.9 Å². The molecule has 0 saturated carbocycles. The molecule has 23 heavy (non-hydrogen) atoms. The lowest BCUT2D eigenvalue weighted by atomic mass is 10.2. The van der Waals surface area contributed by atoms with Crippen molar-refractivity contribution in [3.63, 3.8) is 0 Å². The van der Waals surface area contributed by atoms with Crippen LogP contribution in [0.15, 0.2) is 24.3 Å². The van der Waals surface area contributed by atoms with Crippen molar-refractivity contribution in [1.29, 1.82) is 0 Å². The van der Waals surface area contributed by atoms with E-state index in [-0.39, 0.29) is 6.54 Å². The monoisotopic (exact) mass is 351 g/mol. The van der Waals surface area contributed by atoms with Gasteiger partial charge in [0.05, 0.1) is 12.6 Å². The number of alkyl halides is 3. The quantitative estimate of drug-likeness (QED) is 0.826. The van der Waals surface area contributed by atoms with Gasteiger partial charge in [0.15, 0.2) is 0 Å². The van der Waals surface area contributed by atoms with Crippen molar-refractivity contribution in [3.05, 3.63) is 29.3 Å². The molecule has 0 aliphatic rings. The van der Waals surface area contributed by atoms with E-state index in [9.17, 15) is 22.8 Å². The highest BCUT2D eigenvalue weighted by Gasteiger charge is 2.29. The molecule has 0 spiro atoms. The Bertz CT molecular complexity index is 566. The fourth-order valence-electron chi connectivity index (χ4n) is 1.67. The molecule has 0 bridgehead atoms. The maximum absolute atomic E-state index is 12.1. The van der Waals surface area contributed by atoms with Crippen LogP contribution in [-0.4, -0.2) is 49.1 Å². The third-order valence-corrected chi connectivity index (χ3v) is 3.24. The fourth-order valence-corrected chi connectivity index (χ4v) is 1.86. The second-order valence-corrected chi connectivity index (χ2v) is 5.42. The van der Waals surface area contributed by atoms with Crippen LogP contribution in [0.4, 0.5) is 18.9 Å². The standard InChI is InChI=1S/C14H17ClF3N3O2/c1-9(13(23)19-8-14(16,17)18)21(2)7-12(22)20-11-5-3-4-10(15)6-11/h3-6,9H,7-8H2,1-2H3,(H,19,23)(H,20,22). The van der Waals surface area contributed by atoms with Crippen LogP contribution in [0.1, 0.15) is 6.92 Å². The lowest BCUT2D eigenvalue weighted by Crippen LogP contribution is -2.47. The number of halogens is 4. The van der Waals surface area contributed by atoms with Gasteiger partial charge in [-0.3, -0.25) is 14.5 Å². The zero-order chi connectivity index (χ0) is 17.6. The van der Waals surface area contributed by atoms with Crippen molar-refractivity contribution < 1.29 is 22.8 Å². The summed E-state index contributed by atoms with van der Waals surface area (Å²) in [5.74, 6) is -1.22. The minimum Gasteiger partial charge on any atom is -0.346 e. The first-order valence-corrected chi connectivity index (χ1v) is 7.06. The second-order valence-electron chi connectivity index (χ2n) is 4.98. The molecule has 5 nitrogen and oxygen atoms in total. The van der Waals surface area contributed by atoms with E-state index in [0.29, 0.717) is 10.7 Å². The average Bonchev–Trinajstić information content (AvgIpc) is 2.42. The lowest BCUT2D eigenvalue weighted by molar-refractivity contribution is -0.141. The van der Waals surface area contributed by atoms with Gasteiger partial charge in [-0.1, -0.05) is 17.7 Å². The normalized spacial score (nSPS) is 12.8. The van der Waals surface area contributed by atoms with Gasteiger partial charge in [0.2, 0.25) is 11.8 Å². The van der Waals surface area contributed by atoms with E-state index >= 15 is 0 Å². The zero-order valence-electron chi connectivity index (χ0n) is 12.6. The number of amides is 2. The summed E-state index contributed by atoms with van der Waals surface area (Å²) in [6.45, 7) is -0.149. The van der Waals surface area contributed by atoms with Gasteiger partial charge in [0.1, 0.15) is 6.54 Å². The number of anilines is 1. The van der Waals surface area contributed by atoms with Gasteiger partial charge in [0, 0.05) is 10.7 Å². The zero-order valence-corrected chi connectivity index (χ0v) is 13.3. The summed E-state index contributed by atoms with van der Waals surface area (Å²) in [4.78, 5) is 24.8. The van der Waals surface area contributed by atoms with Gasteiger partial charge < -0.3 is 10.6 Å². The van der Waals surface area contributed by atoms with Crippen LogP contribution in [0.25, 0.3) is 0 Å². The highest BCUT2D eigenvalue weighted by Crippen LogP contribution is 2.15. The molecule has 1 aromatic carbocycles. The summed E-state index contributed by atoms with van der Waals surface area (Å²) in [5, 5.41) is 4.82. The van der Waals surface area contributed by atoms with E-state index in [2.05, 4.69) is 5.32 Å². The summed E-state index contributed by atoms with van der Waals surface area (Å²) in [6.07, 6.45) is -4.47. The van der Waals surface area contributed by atoms with Crippen LogP contribution >= 0.6 is 11.6 Å². The Morgan fingerprint density at radius 1 is 1.35 bits per heavy atom. The first-order valence-electron chi connectivity index (χ1n) is 6.68. The number of carbonyl (C=O) groups excluding carboxylic acids is 2. The fraction of sp³-hybridized carbons (Fsp3) is 0.429. The average molecular weight is 352 g/mol. The minimum atomic E-state index is -4.47. The van der Waals surface area contributed by atoms with Crippen LogP contribution < -0.4 is 10.6 Å². The molecule has 2 N–H and O–H groups in total. The van der Waals surface area contributed by atoms with E-state index < -0.39 is 30.6 Å². The van der Waals surface area contributed by atoms with Crippen molar-refractivity contribution in [2.45, 2.75) is 19.1 Å². The Morgan fingerprint density at radius 3 is 2.57 bits per heavy atom. The molecule has 1 atom stereocenters. The minimum absolute atomic E-state index is 0.160. The maximum Gasteiger partial charge on any atom is 0.405 e. The third-order valence-electron chi connectivity index (χ3n) is 3.01. The predicted octanol–water partition coefficient (Wildman–Crippen LogP) is 2.28. The molecule has 0 saturated heterocycles. The van der Waals surface area contributed by atoms with Gasteiger partial charge in [0.25, 0.3) is 0 Å². The first-order chi connectivity index (χ1) is 10.6. The number of rotatable bonds is 6. The number of benzene rings is 1. The van der Waals surface area contributed by atoms with Crippen LogP contribution in [-0.2, 0) is 9.59 Å². The van der Waals surface area contributed by atoms with E-state index in [1.807, 2.05) is 0 Å². The molecule has 0 radical (unpaired) electrons. The highest BCUT2D eigenvalue weighted by atomic mass is 35.5. The molecule has 1 aromatic rings. The van der Waals surface area contributed by atoms with Crippen molar-refractivity contribution >= 4 is 29.1 Å². The van der Waals surface area contributed by atoms with Crippen molar-refractivity contribution in [2.24, 2.45) is 0 Å². The van der Waals surface area contributed by atoms with Crippen molar-refractivity contribution in [1.82, 2.24) is 10.2 Å². The van der Waals surface area contributed by atoms with Gasteiger partial charge in [-0.15, -0.1) is 0 Å². The van der Waals surface area contributed by atoms with Crippen LogP contribution in [0, 0.1) is 0 Å². The Kier molecular flexibility index (Phi) is 6.83. The number of hydrogen-bond acceptors (Lipinski definition) is 3. The summed E-state index contributed by atoms with van der Waals surface area (Å²) < 4.78 is 36.2. The van der Waals surface area contributed by atoms with Crippen molar-refractivity contribution in [2.75, 3.05) is 25.5 Å². The number of hydrogen-bond donors (Lipinski definition) is 2. The Labute approximate surface area is 136 Å². The molecular weight excluding hydrogens is 335 g/mol. The number of nitrogens with zero attached hydrogens (tertiary/aromatic N) is 1. The number of carbonyl (C=O) groups is 2. The topological polar surface area (TPSA) is 61.4 Å². The Hall–Kier alpha value is -1.80. The van der Waals surface area contributed by atoms with Gasteiger partial charge >= 0.3 is 6.18 Å². The van der Waals surface area contributed by atoms with Crippen LogP contribution in [0.5, 0.6) is 0 Å². The van der Waals surface area contributed by atoms with E-state index in [0.717, 1.165) is 0 Å². The Balaban J connectivity index is 2.49. The summed E-state index contributed by atoms with van der Waals surface area (Å²) in [6, 6.07) is 5.62.